The second-order valence-corrected chi connectivity index (χ2v) is 3.73. The molecule has 0 aliphatic carbocycles. The van der Waals surface area contributed by atoms with Gasteiger partial charge in [0.1, 0.15) is 0 Å². The predicted molar refractivity (Wildman–Crippen MR) is 55.3 cm³/mol. The summed E-state index contributed by atoms with van der Waals surface area (Å²) in [6.45, 7) is 5.16. The summed E-state index contributed by atoms with van der Waals surface area (Å²) >= 11 is 0. The Morgan fingerprint density at radius 1 is 1.12 bits per heavy atom. The number of carbonyl (C=O) groups is 1. The van der Waals surface area contributed by atoms with E-state index >= 15 is 0 Å². The van der Waals surface area contributed by atoms with Crippen LogP contribution in [0.5, 0.6) is 0 Å². The highest BCUT2D eigenvalue weighted by Gasteiger charge is 2.39. The molecule has 0 aliphatic heterocycles. The van der Waals surface area contributed by atoms with Gasteiger partial charge in [-0.2, -0.15) is 13.2 Å². The summed E-state index contributed by atoms with van der Waals surface area (Å²) in [5.74, 6) is -1.94. The Labute approximate surface area is 91.5 Å². The third-order valence-electron chi connectivity index (χ3n) is 2.17. The smallest absolute Gasteiger partial charge is 0.318 e. The Hall–Kier alpha value is -1.52. The van der Waals surface area contributed by atoms with Crippen LogP contribution in [0.1, 0.15) is 16.7 Å². The fourth-order valence-electron chi connectivity index (χ4n) is 1.56. The van der Waals surface area contributed by atoms with Gasteiger partial charge in [-0.25, -0.2) is 0 Å². The lowest BCUT2D eigenvalue weighted by atomic mass is 10.1. The fourth-order valence-corrected chi connectivity index (χ4v) is 1.56. The van der Waals surface area contributed by atoms with Crippen molar-refractivity contribution in [3.05, 3.63) is 28.8 Å². The molecule has 1 amide bonds. The Morgan fingerprint density at radius 2 is 1.56 bits per heavy atom. The maximum atomic E-state index is 12.1. The van der Waals surface area contributed by atoms with Gasteiger partial charge in [0.15, 0.2) is 0 Å². The SMILES string of the molecule is Cc1cc(C)c(NC(=O)C(F)(F)F)c(C)c1. The summed E-state index contributed by atoms with van der Waals surface area (Å²) in [5, 5.41) is 1.88. The Balaban J connectivity index is 3.03. The molecule has 2 nitrogen and oxygen atoms in total. The van der Waals surface area contributed by atoms with Crippen LogP contribution < -0.4 is 5.32 Å². The summed E-state index contributed by atoms with van der Waals surface area (Å²) in [5.41, 5.74) is 2.41. The van der Waals surface area contributed by atoms with Crippen molar-refractivity contribution < 1.29 is 18.0 Å². The van der Waals surface area contributed by atoms with E-state index in [0.29, 0.717) is 11.1 Å². The predicted octanol–water partition coefficient (Wildman–Crippen LogP) is 3.11. The highest BCUT2D eigenvalue weighted by atomic mass is 19.4. The van der Waals surface area contributed by atoms with Crippen LogP contribution in [0.15, 0.2) is 12.1 Å². The number of carbonyl (C=O) groups excluding carboxylic acids is 1. The van der Waals surface area contributed by atoms with Crippen LogP contribution in [-0.4, -0.2) is 12.1 Å². The first-order valence-corrected chi connectivity index (χ1v) is 4.68. The van der Waals surface area contributed by atoms with Crippen molar-refractivity contribution in [1.29, 1.82) is 0 Å². The molecule has 1 N–H and O–H groups in total. The largest absolute Gasteiger partial charge is 0.471 e. The molecule has 1 aromatic rings. The van der Waals surface area contributed by atoms with Crippen LogP contribution in [0.3, 0.4) is 0 Å². The topological polar surface area (TPSA) is 29.1 Å². The minimum Gasteiger partial charge on any atom is -0.318 e. The molecule has 1 rings (SSSR count). The molecule has 0 radical (unpaired) electrons. The number of hydrogen-bond donors (Lipinski definition) is 1. The van der Waals surface area contributed by atoms with Crippen LogP contribution in [0.4, 0.5) is 18.9 Å². The zero-order valence-electron chi connectivity index (χ0n) is 9.20. The third-order valence-corrected chi connectivity index (χ3v) is 2.17. The number of benzene rings is 1. The van der Waals surface area contributed by atoms with E-state index < -0.39 is 12.1 Å². The molecule has 0 aromatic heterocycles. The average Bonchev–Trinajstić information content (AvgIpc) is 2.08. The van der Waals surface area contributed by atoms with Crippen molar-refractivity contribution in [2.45, 2.75) is 26.9 Å². The van der Waals surface area contributed by atoms with Crippen LogP contribution in [0.25, 0.3) is 0 Å². The number of alkyl halides is 3. The first-order chi connectivity index (χ1) is 7.21. The second-order valence-electron chi connectivity index (χ2n) is 3.73. The molecule has 88 valence electrons. The van der Waals surface area contributed by atoms with E-state index in [1.54, 1.807) is 26.0 Å². The van der Waals surface area contributed by atoms with Crippen molar-refractivity contribution in [3.63, 3.8) is 0 Å². The molecule has 0 bridgehead atoms. The molecule has 0 atom stereocenters. The van der Waals surface area contributed by atoms with Crippen LogP contribution in [0, 0.1) is 20.8 Å². The molecule has 0 heterocycles. The van der Waals surface area contributed by atoms with E-state index in [9.17, 15) is 18.0 Å². The van der Waals surface area contributed by atoms with Crippen molar-refractivity contribution in [2.75, 3.05) is 5.32 Å². The maximum absolute atomic E-state index is 12.1. The van der Waals surface area contributed by atoms with E-state index in [0.717, 1.165) is 5.56 Å². The quantitative estimate of drug-likeness (QED) is 0.790. The van der Waals surface area contributed by atoms with Crippen molar-refractivity contribution >= 4 is 11.6 Å². The zero-order chi connectivity index (χ0) is 12.5. The zero-order valence-corrected chi connectivity index (χ0v) is 9.20. The number of anilines is 1. The Bertz CT molecular complexity index is 401. The van der Waals surface area contributed by atoms with Crippen LogP contribution in [-0.2, 0) is 4.79 Å². The minimum atomic E-state index is -4.86. The molecular weight excluding hydrogens is 219 g/mol. The highest BCUT2D eigenvalue weighted by Crippen LogP contribution is 2.24. The Morgan fingerprint density at radius 3 is 1.94 bits per heavy atom. The van der Waals surface area contributed by atoms with E-state index in [2.05, 4.69) is 0 Å². The van der Waals surface area contributed by atoms with Gasteiger partial charge in [0.2, 0.25) is 0 Å². The molecular formula is C11H12F3NO. The summed E-state index contributed by atoms with van der Waals surface area (Å²) in [7, 11) is 0. The lowest BCUT2D eigenvalue weighted by Gasteiger charge is -2.13. The summed E-state index contributed by atoms with van der Waals surface area (Å²) in [6.07, 6.45) is -4.86. The highest BCUT2D eigenvalue weighted by molar-refractivity contribution is 5.96. The molecule has 16 heavy (non-hydrogen) atoms. The molecule has 0 saturated heterocycles. The molecule has 0 saturated carbocycles. The van der Waals surface area contributed by atoms with Gasteiger partial charge in [-0.15, -0.1) is 0 Å². The number of rotatable bonds is 1. The minimum absolute atomic E-state index is 0.230. The number of amides is 1. The second kappa shape index (κ2) is 4.15. The maximum Gasteiger partial charge on any atom is 0.471 e. The molecule has 5 heteroatoms. The molecule has 0 fully saturated rings. The van der Waals surface area contributed by atoms with E-state index in [4.69, 9.17) is 0 Å². The standard InChI is InChI=1S/C11H12F3NO/c1-6-4-7(2)9(8(3)5-6)15-10(16)11(12,13)14/h4-5H,1-3H3,(H,15,16). The molecule has 0 spiro atoms. The monoisotopic (exact) mass is 231 g/mol. The summed E-state index contributed by atoms with van der Waals surface area (Å²) in [4.78, 5) is 10.8. The summed E-state index contributed by atoms with van der Waals surface area (Å²) < 4.78 is 36.2. The normalized spacial score (nSPS) is 11.4. The average molecular weight is 231 g/mol. The van der Waals surface area contributed by atoms with Gasteiger partial charge in [-0.05, 0) is 31.9 Å². The fraction of sp³-hybridized carbons (Fsp3) is 0.364. The van der Waals surface area contributed by atoms with Gasteiger partial charge in [0.25, 0.3) is 0 Å². The first kappa shape index (κ1) is 12.5. The van der Waals surface area contributed by atoms with E-state index in [1.165, 1.54) is 0 Å². The number of hydrogen-bond acceptors (Lipinski definition) is 1. The van der Waals surface area contributed by atoms with Crippen LogP contribution in [0.2, 0.25) is 0 Å². The Kier molecular flexibility index (Phi) is 3.26. The van der Waals surface area contributed by atoms with Gasteiger partial charge in [0, 0.05) is 5.69 Å². The lowest BCUT2D eigenvalue weighted by molar-refractivity contribution is -0.167. The molecule has 1 aromatic carbocycles. The van der Waals surface area contributed by atoms with Gasteiger partial charge in [-0.3, -0.25) is 4.79 Å². The van der Waals surface area contributed by atoms with Gasteiger partial charge in [-0.1, -0.05) is 17.7 Å². The first-order valence-electron chi connectivity index (χ1n) is 4.68. The van der Waals surface area contributed by atoms with Gasteiger partial charge >= 0.3 is 12.1 Å². The number of aryl methyl sites for hydroxylation is 3. The summed E-state index contributed by atoms with van der Waals surface area (Å²) in [6, 6.07) is 3.44. The van der Waals surface area contributed by atoms with E-state index in [1.807, 2.05) is 12.2 Å². The molecule has 0 aliphatic rings. The van der Waals surface area contributed by atoms with Gasteiger partial charge < -0.3 is 5.32 Å². The van der Waals surface area contributed by atoms with Crippen molar-refractivity contribution in [3.8, 4) is 0 Å². The number of nitrogens with one attached hydrogen (secondary N) is 1. The third kappa shape index (κ3) is 2.74. The molecule has 0 unspecified atom stereocenters. The van der Waals surface area contributed by atoms with Crippen LogP contribution >= 0.6 is 0 Å². The van der Waals surface area contributed by atoms with Crippen molar-refractivity contribution in [1.82, 2.24) is 0 Å². The number of halogens is 3. The van der Waals surface area contributed by atoms with Crippen molar-refractivity contribution in [2.24, 2.45) is 0 Å². The lowest BCUT2D eigenvalue weighted by Crippen LogP contribution is -2.30. The van der Waals surface area contributed by atoms with Gasteiger partial charge in [0.05, 0.1) is 0 Å². The van der Waals surface area contributed by atoms with E-state index in [-0.39, 0.29) is 5.69 Å².